The Kier molecular flexibility index (Phi) is 4.05. The third kappa shape index (κ3) is 2.74. The van der Waals surface area contributed by atoms with Gasteiger partial charge in [-0.15, -0.1) is 11.3 Å². The first-order chi connectivity index (χ1) is 8.49. The van der Waals surface area contributed by atoms with E-state index in [9.17, 15) is 4.39 Å². The van der Waals surface area contributed by atoms with Gasteiger partial charge in [-0.25, -0.2) is 4.39 Å². The van der Waals surface area contributed by atoms with E-state index in [1.165, 1.54) is 12.1 Å². The molecule has 1 nitrogen and oxygen atoms in total. The molecule has 0 saturated carbocycles. The zero-order valence-corrected chi connectivity index (χ0v) is 11.9. The normalized spacial score (nSPS) is 12.7. The Morgan fingerprint density at radius 3 is 2.61 bits per heavy atom. The smallest absolute Gasteiger partial charge is 0.123 e. The Morgan fingerprint density at radius 2 is 2.06 bits per heavy atom. The topological polar surface area (TPSA) is 26.0 Å². The summed E-state index contributed by atoms with van der Waals surface area (Å²) in [4.78, 5) is 0.998. The van der Waals surface area contributed by atoms with Gasteiger partial charge in [0.05, 0.1) is 5.02 Å². The van der Waals surface area contributed by atoms with Gasteiger partial charge in [-0.05, 0) is 54.5 Å². The molecule has 0 bridgehead atoms. The largest absolute Gasteiger partial charge is 0.323 e. The highest BCUT2D eigenvalue weighted by molar-refractivity contribution is 7.10. The van der Waals surface area contributed by atoms with Crippen LogP contribution in [0.25, 0.3) is 0 Å². The molecule has 0 spiro atoms. The molecule has 2 N–H and O–H groups in total. The van der Waals surface area contributed by atoms with Crippen LogP contribution in [0.2, 0.25) is 5.02 Å². The Balaban J connectivity index is 2.21. The molecular formula is C14H15ClFNS. The molecule has 1 aromatic carbocycles. The van der Waals surface area contributed by atoms with Crippen molar-refractivity contribution in [2.45, 2.75) is 26.3 Å². The molecular weight excluding hydrogens is 269 g/mol. The van der Waals surface area contributed by atoms with E-state index in [4.69, 9.17) is 17.3 Å². The van der Waals surface area contributed by atoms with E-state index >= 15 is 0 Å². The van der Waals surface area contributed by atoms with Gasteiger partial charge < -0.3 is 5.73 Å². The van der Waals surface area contributed by atoms with Crippen LogP contribution in [-0.2, 0) is 6.42 Å². The van der Waals surface area contributed by atoms with Crippen molar-refractivity contribution < 1.29 is 4.39 Å². The SMILES string of the molecule is Cc1cc(F)ccc1CC(N)c1scc(C)c1Cl. The Hall–Kier alpha value is -0.900. The van der Waals surface area contributed by atoms with Crippen LogP contribution in [-0.4, -0.2) is 0 Å². The predicted molar refractivity (Wildman–Crippen MR) is 75.8 cm³/mol. The van der Waals surface area contributed by atoms with Crippen LogP contribution < -0.4 is 5.73 Å². The summed E-state index contributed by atoms with van der Waals surface area (Å²) in [5.74, 6) is -0.213. The number of halogens is 2. The molecule has 0 amide bonds. The van der Waals surface area contributed by atoms with Crippen molar-refractivity contribution in [3.05, 3.63) is 56.0 Å². The minimum atomic E-state index is -0.213. The molecule has 0 radical (unpaired) electrons. The first kappa shape index (κ1) is 13.5. The van der Waals surface area contributed by atoms with Crippen LogP contribution in [0.15, 0.2) is 23.6 Å². The molecule has 1 unspecified atom stereocenters. The lowest BCUT2D eigenvalue weighted by Crippen LogP contribution is -2.13. The van der Waals surface area contributed by atoms with E-state index in [2.05, 4.69) is 0 Å². The van der Waals surface area contributed by atoms with Crippen molar-refractivity contribution in [3.63, 3.8) is 0 Å². The Morgan fingerprint density at radius 1 is 1.33 bits per heavy atom. The quantitative estimate of drug-likeness (QED) is 0.888. The van der Waals surface area contributed by atoms with E-state index in [1.807, 2.05) is 19.2 Å². The summed E-state index contributed by atoms with van der Waals surface area (Å²) in [6.07, 6.45) is 0.672. The molecule has 1 heterocycles. The number of hydrogen-bond acceptors (Lipinski definition) is 2. The van der Waals surface area contributed by atoms with Gasteiger partial charge in [-0.1, -0.05) is 17.7 Å². The third-order valence-corrected chi connectivity index (χ3v) is 4.85. The number of aryl methyl sites for hydroxylation is 2. The molecule has 0 saturated heterocycles. The highest BCUT2D eigenvalue weighted by Crippen LogP contribution is 2.33. The summed E-state index contributed by atoms with van der Waals surface area (Å²) in [7, 11) is 0. The number of benzene rings is 1. The molecule has 1 atom stereocenters. The maximum atomic E-state index is 13.0. The average molecular weight is 284 g/mol. The van der Waals surface area contributed by atoms with Gasteiger partial charge in [0.1, 0.15) is 5.82 Å². The van der Waals surface area contributed by atoms with Gasteiger partial charge in [-0.3, -0.25) is 0 Å². The van der Waals surface area contributed by atoms with Gasteiger partial charge in [0.25, 0.3) is 0 Å². The van der Waals surface area contributed by atoms with E-state index in [1.54, 1.807) is 17.4 Å². The summed E-state index contributed by atoms with van der Waals surface area (Å²) < 4.78 is 13.0. The lowest BCUT2D eigenvalue weighted by Gasteiger charge is -2.13. The van der Waals surface area contributed by atoms with Crippen LogP contribution in [0, 0.1) is 19.7 Å². The van der Waals surface area contributed by atoms with Crippen LogP contribution in [0.5, 0.6) is 0 Å². The maximum absolute atomic E-state index is 13.0. The molecule has 0 aliphatic heterocycles. The number of thiophene rings is 1. The summed E-state index contributed by atoms with van der Waals surface area (Å²) >= 11 is 7.79. The fraction of sp³-hybridized carbons (Fsp3) is 0.286. The Labute approximate surface area is 115 Å². The minimum Gasteiger partial charge on any atom is -0.323 e. The molecule has 18 heavy (non-hydrogen) atoms. The summed E-state index contributed by atoms with van der Waals surface area (Å²) in [5.41, 5.74) is 9.23. The van der Waals surface area contributed by atoms with Crippen LogP contribution >= 0.6 is 22.9 Å². The number of hydrogen-bond donors (Lipinski definition) is 1. The molecule has 0 fully saturated rings. The second-order valence-corrected chi connectivity index (χ2v) is 5.77. The van der Waals surface area contributed by atoms with Gasteiger partial charge in [0.2, 0.25) is 0 Å². The van der Waals surface area contributed by atoms with E-state index < -0.39 is 0 Å². The molecule has 2 aromatic rings. The molecule has 4 heteroatoms. The highest BCUT2D eigenvalue weighted by Gasteiger charge is 2.15. The van der Waals surface area contributed by atoms with Gasteiger partial charge in [0.15, 0.2) is 0 Å². The first-order valence-electron chi connectivity index (χ1n) is 5.73. The Bertz CT molecular complexity index is 565. The van der Waals surface area contributed by atoms with Crippen molar-refractivity contribution in [1.82, 2.24) is 0 Å². The van der Waals surface area contributed by atoms with Crippen molar-refractivity contribution in [1.29, 1.82) is 0 Å². The third-order valence-electron chi connectivity index (χ3n) is 3.01. The van der Waals surface area contributed by atoms with Crippen LogP contribution in [0.1, 0.15) is 27.6 Å². The highest BCUT2D eigenvalue weighted by atomic mass is 35.5. The molecule has 1 aromatic heterocycles. The fourth-order valence-electron chi connectivity index (χ4n) is 1.92. The van der Waals surface area contributed by atoms with Crippen LogP contribution in [0.4, 0.5) is 4.39 Å². The van der Waals surface area contributed by atoms with E-state index in [0.717, 1.165) is 26.6 Å². The zero-order valence-electron chi connectivity index (χ0n) is 10.3. The second kappa shape index (κ2) is 5.39. The lowest BCUT2D eigenvalue weighted by atomic mass is 10.0. The van der Waals surface area contributed by atoms with Crippen molar-refractivity contribution in [3.8, 4) is 0 Å². The minimum absolute atomic E-state index is 0.139. The lowest BCUT2D eigenvalue weighted by molar-refractivity contribution is 0.624. The summed E-state index contributed by atoms with van der Waals surface area (Å²) in [5, 5.41) is 2.77. The monoisotopic (exact) mass is 283 g/mol. The van der Waals surface area contributed by atoms with Gasteiger partial charge in [-0.2, -0.15) is 0 Å². The standard InChI is InChI=1S/C14H15ClFNS/c1-8-5-11(16)4-3-10(8)6-12(17)14-13(15)9(2)7-18-14/h3-5,7,12H,6,17H2,1-2H3. The van der Waals surface area contributed by atoms with E-state index in [-0.39, 0.29) is 11.9 Å². The van der Waals surface area contributed by atoms with Gasteiger partial charge >= 0.3 is 0 Å². The molecule has 2 rings (SSSR count). The second-order valence-electron chi connectivity index (χ2n) is 4.48. The maximum Gasteiger partial charge on any atom is 0.123 e. The number of rotatable bonds is 3. The van der Waals surface area contributed by atoms with Gasteiger partial charge in [0, 0.05) is 10.9 Å². The summed E-state index contributed by atoms with van der Waals surface area (Å²) in [6, 6.07) is 4.65. The van der Waals surface area contributed by atoms with Crippen LogP contribution in [0.3, 0.4) is 0 Å². The fourth-order valence-corrected chi connectivity index (χ4v) is 3.25. The molecule has 0 aliphatic rings. The zero-order chi connectivity index (χ0) is 13.3. The van der Waals surface area contributed by atoms with Crippen molar-refractivity contribution >= 4 is 22.9 Å². The molecule has 96 valence electrons. The first-order valence-corrected chi connectivity index (χ1v) is 6.99. The van der Waals surface area contributed by atoms with Crippen molar-refractivity contribution in [2.75, 3.05) is 0 Å². The average Bonchev–Trinajstić information content (AvgIpc) is 2.64. The van der Waals surface area contributed by atoms with E-state index in [0.29, 0.717) is 6.42 Å². The predicted octanol–water partition coefficient (Wildman–Crippen LogP) is 4.40. The number of nitrogens with two attached hydrogens (primary N) is 1. The van der Waals surface area contributed by atoms with Crippen molar-refractivity contribution in [2.24, 2.45) is 5.73 Å². The molecule has 0 aliphatic carbocycles. The summed E-state index contributed by atoms with van der Waals surface area (Å²) in [6.45, 7) is 3.87.